The molecule has 0 aliphatic heterocycles. The highest BCUT2D eigenvalue weighted by molar-refractivity contribution is 7.99. The minimum Gasteiger partial charge on any atom is -0.493 e. The molecule has 4 aromatic rings. The molecule has 0 aliphatic carbocycles. The van der Waals surface area contributed by atoms with E-state index in [9.17, 15) is 4.79 Å². The van der Waals surface area contributed by atoms with Gasteiger partial charge in [0.05, 0.1) is 25.7 Å². The molecule has 2 aromatic carbocycles. The van der Waals surface area contributed by atoms with Crippen LogP contribution in [0.25, 0.3) is 17.1 Å². The van der Waals surface area contributed by atoms with Gasteiger partial charge in [0.25, 0.3) is 0 Å². The Morgan fingerprint density at radius 1 is 1.03 bits per heavy atom. The predicted octanol–water partition coefficient (Wildman–Crippen LogP) is 5.20. The van der Waals surface area contributed by atoms with Crippen LogP contribution in [0.5, 0.6) is 11.5 Å². The van der Waals surface area contributed by atoms with Crippen molar-refractivity contribution in [1.82, 2.24) is 19.7 Å². The van der Waals surface area contributed by atoms with Gasteiger partial charge in [-0.1, -0.05) is 43.8 Å². The van der Waals surface area contributed by atoms with Crippen LogP contribution in [-0.2, 0) is 4.79 Å². The molecule has 1 amide bonds. The maximum absolute atomic E-state index is 12.8. The van der Waals surface area contributed by atoms with Crippen LogP contribution in [-0.4, -0.2) is 45.6 Å². The second-order valence-electron chi connectivity index (χ2n) is 8.00. The Kier molecular flexibility index (Phi) is 7.67. The minimum absolute atomic E-state index is 0.156. The Labute approximate surface area is 208 Å². The molecule has 0 spiro atoms. The van der Waals surface area contributed by atoms with E-state index in [0.717, 1.165) is 16.8 Å². The topological polar surface area (TPSA) is 91.2 Å². The van der Waals surface area contributed by atoms with Crippen LogP contribution in [0.1, 0.15) is 25.3 Å². The van der Waals surface area contributed by atoms with Gasteiger partial charge in [-0.3, -0.25) is 14.3 Å². The summed E-state index contributed by atoms with van der Waals surface area (Å²) in [6.45, 7) is 4.30. The van der Waals surface area contributed by atoms with Crippen LogP contribution in [0, 0.1) is 0 Å². The number of carbonyl (C=O) groups excluding carboxylic acids is 1. The van der Waals surface area contributed by atoms with Crippen molar-refractivity contribution in [2.45, 2.75) is 24.9 Å². The van der Waals surface area contributed by atoms with Crippen LogP contribution < -0.4 is 14.8 Å². The van der Waals surface area contributed by atoms with Crippen molar-refractivity contribution in [1.29, 1.82) is 0 Å². The maximum Gasteiger partial charge on any atom is 0.234 e. The standard InChI is InChI=1S/C26H27N5O3S/c1-17(2)20-9-5-6-10-21(20)31-25(18-8-7-13-27-15-18)29-30-26(31)35-16-24(32)28-19-11-12-22(33-3)23(14-19)34-4/h5-15,17H,16H2,1-4H3,(H,28,32). The smallest absolute Gasteiger partial charge is 0.234 e. The number of amides is 1. The van der Waals surface area contributed by atoms with Crippen LogP contribution in [0.4, 0.5) is 5.69 Å². The Morgan fingerprint density at radius 3 is 2.54 bits per heavy atom. The second kappa shape index (κ2) is 11.1. The number of pyridine rings is 1. The molecule has 0 saturated heterocycles. The summed E-state index contributed by atoms with van der Waals surface area (Å²) in [6.07, 6.45) is 3.48. The zero-order valence-electron chi connectivity index (χ0n) is 20.1. The van der Waals surface area contributed by atoms with E-state index in [-0.39, 0.29) is 11.7 Å². The monoisotopic (exact) mass is 489 g/mol. The third-order valence-corrected chi connectivity index (χ3v) is 6.28. The van der Waals surface area contributed by atoms with Crippen molar-refractivity contribution in [2.24, 2.45) is 0 Å². The van der Waals surface area contributed by atoms with Crippen molar-refractivity contribution in [3.05, 3.63) is 72.6 Å². The molecule has 180 valence electrons. The van der Waals surface area contributed by atoms with E-state index in [1.807, 2.05) is 34.9 Å². The van der Waals surface area contributed by atoms with Gasteiger partial charge < -0.3 is 14.8 Å². The molecule has 0 radical (unpaired) electrons. The summed E-state index contributed by atoms with van der Waals surface area (Å²) in [5, 5.41) is 12.4. The van der Waals surface area contributed by atoms with Crippen molar-refractivity contribution >= 4 is 23.4 Å². The molecule has 0 unspecified atom stereocenters. The number of thioether (sulfide) groups is 1. The van der Waals surface area contributed by atoms with E-state index in [1.54, 1.807) is 44.8 Å². The number of anilines is 1. The van der Waals surface area contributed by atoms with E-state index >= 15 is 0 Å². The highest BCUT2D eigenvalue weighted by Gasteiger charge is 2.20. The molecule has 4 rings (SSSR count). The average Bonchev–Trinajstić information content (AvgIpc) is 3.31. The molecule has 8 nitrogen and oxygen atoms in total. The molecule has 0 bridgehead atoms. The van der Waals surface area contributed by atoms with Gasteiger partial charge in [0.1, 0.15) is 0 Å². The van der Waals surface area contributed by atoms with Gasteiger partial charge in [-0.15, -0.1) is 10.2 Å². The van der Waals surface area contributed by atoms with Gasteiger partial charge in [0, 0.05) is 29.7 Å². The van der Waals surface area contributed by atoms with Gasteiger partial charge in [-0.25, -0.2) is 0 Å². The highest BCUT2D eigenvalue weighted by Crippen LogP contribution is 2.33. The fraction of sp³-hybridized carbons (Fsp3) is 0.231. The van der Waals surface area contributed by atoms with Gasteiger partial charge in [-0.05, 0) is 41.8 Å². The largest absolute Gasteiger partial charge is 0.493 e. The summed E-state index contributed by atoms with van der Waals surface area (Å²) in [6, 6.07) is 17.2. The number of nitrogens with zero attached hydrogens (tertiary/aromatic N) is 4. The summed E-state index contributed by atoms with van der Waals surface area (Å²) in [4.78, 5) is 17.0. The Morgan fingerprint density at radius 2 is 1.83 bits per heavy atom. The first-order chi connectivity index (χ1) is 17.0. The van der Waals surface area contributed by atoms with E-state index in [1.165, 1.54) is 11.8 Å². The van der Waals surface area contributed by atoms with Crippen molar-refractivity contribution in [3.8, 4) is 28.6 Å². The third kappa shape index (κ3) is 5.46. The summed E-state index contributed by atoms with van der Waals surface area (Å²) in [7, 11) is 3.13. The average molecular weight is 490 g/mol. The van der Waals surface area contributed by atoms with Crippen LogP contribution in [0.2, 0.25) is 0 Å². The molecule has 9 heteroatoms. The summed E-state index contributed by atoms with van der Waals surface area (Å²) < 4.78 is 12.6. The first kappa shape index (κ1) is 24.3. The minimum atomic E-state index is -0.170. The first-order valence-electron chi connectivity index (χ1n) is 11.1. The SMILES string of the molecule is COc1ccc(NC(=O)CSc2nnc(-c3cccnc3)n2-c2ccccc2C(C)C)cc1OC. The van der Waals surface area contributed by atoms with Crippen LogP contribution in [0.15, 0.2) is 72.1 Å². The number of nitrogens with one attached hydrogen (secondary N) is 1. The van der Waals surface area contributed by atoms with Crippen molar-refractivity contribution in [3.63, 3.8) is 0 Å². The first-order valence-corrected chi connectivity index (χ1v) is 12.1. The Balaban J connectivity index is 1.61. The van der Waals surface area contributed by atoms with E-state index < -0.39 is 0 Å². The fourth-order valence-corrected chi connectivity index (χ4v) is 4.43. The van der Waals surface area contributed by atoms with E-state index in [0.29, 0.717) is 34.1 Å². The van der Waals surface area contributed by atoms with Gasteiger partial charge >= 0.3 is 0 Å². The maximum atomic E-state index is 12.8. The molecule has 2 aromatic heterocycles. The van der Waals surface area contributed by atoms with Crippen LogP contribution in [0.3, 0.4) is 0 Å². The van der Waals surface area contributed by atoms with Gasteiger partial charge in [0.2, 0.25) is 5.91 Å². The molecule has 35 heavy (non-hydrogen) atoms. The second-order valence-corrected chi connectivity index (χ2v) is 8.95. The van der Waals surface area contributed by atoms with Gasteiger partial charge in [0.15, 0.2) is 22.5 Å². The highest BCUT2D eigenvalue weighted by atomic mass is 32.2. The molecular formula is C26H27N5O3S. The molecule has 0 aliphatic rings. The number of ether oxygens (including phenoxy) is 2. The molecule has 1 N–H and O–H groups in total. The quantitative estimate of drug-likeness (QED) is 0.323. The number of benzene rings is 2. The van der Waals surface area contributed by atoms with Crippen LogP contribution >= 0.6 is 11.8 Å². The number of carbonyl (C=O) groups is 1. The third-order valence-electron chi connectivity index (χ3n) is 5.35. The molecule has 0 atom stereocenters. The van der Waals surface area contributed by atoms with E-state index in [4.69, 9.17) is 9.47 Å². The molecule has 0 fully saturated rings. The summed E-state index contributed by atoms with van der Waals surface area (Å²) in [5.41, 5.74) is 3.61. The lowest BCUT2D eigenvalue weighted by Crippen LogP contribution is -2.15. The Bertz CT molecular complexity index is 1310. The lowest BCUT2D eigenvalue weighted by molar-refractivity contribution is -0.113. The molecule has 2 heterocycles. The van der Waals surface area contributed by atoms with Crippen molar-refractivity contribution in [2.75, 3.05) is 25.3 Å². The number of rotatable bonds is 9. The summed E-state index contributed by atoms with van der Waals surface area (Å²) in [5.74, 6) is 2.10. The zero-order chi connectivity index (χ0) is 24.8. The predicted molar refractivity (Wildman–Crippen MR) is 138 cm³/mol. The number of para-hydroxylation sites is 1. The summed E-state index contributed by atoms with van der Waals surface area (Å²) >= 11 is 1.32. The van der Waals surface area contributed by atoms with E-state index in [2.05, 4.69) is 40.4 Å². The normalized spacial score (nSPS) is 10.9. The molecular weight excluding hydrogens is 462 g/mol. The van der Waals surface area contributed by atoms with Gasteiger partial charge in [-0.2, -0.15) is 0 Å². The number of hydrogen-bond donors (Lipinski definition) is 1. The lowest BCUT2D eigenvalue weighted by atomic mass is 10.0. The number of aromatic nitrogens is 4. The lowest BCUT2D eigenvalue weighted by Gasteiger charge is -2.17. The number of hydrogen-bond acceptors (Lipinski definition) is 7. The number of methoxy groups -OCH3 is 2. The molecule has 0 saturated carbocycles. The zero-order valence-corrected chi connectivity index (χ0v) is 20.9. The fourth-order valence-electron chi connectivity index (χ4n) is 3.68. The van der Waals surface area contributed by atoms with Crippen molar-refractivity contribution < 1.29 is 14.3 Å². The Hall–Kier alpha value is -3.85.